The smallest absolute Gasteiger partial charge is 0.341 e. The van der Waals surface area contributed by atoms with E-state index in [-0.39, 0.29) is 12.1 Å². The number of fused-ring (bicyclic) bond motifs is 2. The molecule has 0 saturated carbocycles. The third kappa shape index (κ3) is 3.88. The zero-order valence-corrected chi connectivity index (χ0v) is 20.2. The second-order valence-corrected chi connectivity index (χ2v) is 9.80. The number of nitrogens with one attached hydrogen (secondary N) is 1. The molecule has 1 amide bonds. The van der Waals surface area contributed by atoms with Crippen LogP contribution in [0.1, 0.15) is 27.2 Å². The predicted octanol–water partition coefficient (Wildman–Crippen LogP) is 4.11. The molecular weight excluding hydrogens is 474 g/mol. The Morgan fingerprint density at radius 1 is 1.18 bits per heavy atom. The Labute approximate surface area is 202 Å². The van der Waals surface area contributed by atoms with Crippen LogP contribution in [-0.4, -0.2) is 35.6 Å². The lowest BCUT2D eigenvalue weighted by Gasteiger charge is -2.09. The number of rotatable bonds is 6. The van der Waals surface area contributed by atoms with Crippen molar-refractivity contribution >= 4 is 49.8 Å². The van der Waals surface area contributed by atoms with Gasteiger partial charge in [0.1, 0.15) is 22.1 Å². The predicted molar refractivity (Wildman–Crippen MR) is 132 cm³/mol. The van der Waals surface area contributed by atoms with E-state index in [1.165, 1.54) is 40.7 Å². The van der Waals surface area contributed by atoms with Gasteiger partial charge in [-0.25, -0.2) is 9.78 Å². The molecule has 3 aromatic heterocycles. The highest BCUT2D eigenvalue weighted by atomic mass is 32.1. The number of methoxy groups -OCH3 is 2. The van der Waals surface area contributed by atoms with Crippen LogP contribution in [-0.2, 0) is 28.9 Å². The van der Waals surface area contributed by atoms with Crippen LogP contribution in [0.2, 0.25) is 0 Å². The summed E-state index contributed by atoms with van der Waals surface area (Å²) in [6.07, 6.45) is 4.04. The summed E-state index contributed by atoms with van der Waals surface area (Å²) in [5, 5.41) is 5.64. The molecule has 0 atom stereocenters. The molecule has 0 saturated heterocycles. The lowest BCUT2D eigenvalue weighted by atomic mass is 10.1. The van der Waals surface area contributed by atoms with Gasteiger partial charge in [-0.3, -0.25) is 14.2 Å². The lowest BCUT2D eigenvalue weighted by Crippen LogP contribution is -2.28. The molecule has 3 heterocycles. The number of aryl methyl sites for hydroxylation is 1. The quantitative estimate of drug-likeness (QED) is 0.404. The number of hydrogen-bond acceptors (Lipinski definition) is 8. The Kier molecular flexibility index (Phi) is 5.93. The van der Waals surface area contributed by atoms with E-state index in [4.69, 9.17) is 9.47 Å². The van der Waals surface area contributed by atoms with E-state index in [1.54, 1.807) is 7.11 Å². The van der Waals surface area contributed by atoms with Crippen molar-refractivity contribution in [2.24, 2.45) is 0 Å². The van der Waals surface area contributed by atoms with Gasteiger partial charge in [-0.2, -0.15) is 0 Å². The first kappa shape index (κ1) is 22.3. The normalized spacial score (nSPS) is 12.5. The number of esters is 1. The molecule has 8 nitrogen and oxygen atoms in total. The molecule has 174 valence electrons. The molecule has 34 heavy (non-hydrogen) atoms. The molecule has 0 aliphatic heterocycles. The van der Waals surface area contributed by atoms with E-state index in [9.17, 15) is 14.4 Å². The van der Waals surface area contributed by atoms with Gasteiger partial charge in [-0.15, -0.1) is 22.7 Å². The third-order valence-electron chi connectivity index (χ3n) is 5.84. The van der Waals surface area contributed by atoms with Crippen molar-refractivity contribution < 1.29 is 19.1 Å². The highest BCUT2D eigenvalue weighted by Crippen LogP contribution is 2.39. The van der Waals surface area contributed by atoms with Crippen LogP contribution in [0.5, 0.6) is 5.75 Å². The zero-order valence-electron chi connectivity index (χ0n) is 18.5. The summed E-state index contributed by atoms with van der Waals surface area (Å²) in [4.78, 5) is 44.6. The fraction of sp³-hybridized carbons (Fsp3) is 0.250. The number of carbonyl (C=O) groups excluding carboxylic acids is 2. The van der Waals surface area contributed by atoms with Gasteiger partial charge in [0.2, 0.25) is 5.91 Å². The first-order valence-electron chi connectivity index (χ1n) is 10.6. The number of benzene rings is 1. The molecule has 1 aliphatic rings. The van der Waals surface area contributed by atoms with Crippen LogP contribution < -0.4 is 15.6 Å². The molecule has 4 aromatic rings. The number of anilines is 1. The average molecular weight is 496 g/mol. The maximum absolute atomic E-state index is 13.3. The molecule has 0 radical (unpaired) electrons. The summed E-state index contributed by atoms with van der Waals surface area (Å²) in [5.41, 5.74) is 2.71. The van der Waals surface area contributed by atoms with Crippen LogP contribution in [0.25, 0.3) is 21.3 Å². The highest BCUT2D eigenvalue weighted by molar-refractivity contribution is 7.17. The Hall–Kier alpha value is -3.50. The third-order valence-corrected chi connectivity index (χ3v) is 7.93. The van der Waals surface area contributed by atoms with E-state index < -0.39 is 11.9 Å². The topological polar surface area (TPSA) is 99.5 Å². The van der Waals surface area contributed by atoms with Crippen molar-refractivity contribution in [3.63, 3.8) is 0 Å². The maximum Gasteiger partial charge on any atom is 0.341 e. The second kappa shape index (κ2) is 9.03. The van der Waals surface area contributed by atoms with Crippen LogP contribution in [0.3, 0.4) is 0 Å². The molecule has 0 fully saturated rings. The molecular formula is C24H21N3O5S2. The summed E-state index contributed by atoms with van der Waals surface area (Å²) in [7, 11) is 2.93. The molecule has 0 bridgehead atoms. The first-order valence-corrected chi connectivity index (χ1v) is 12.3. The van der Waals surface area contributed by atoms with E-state index >= 15 is 0 Å². The van der Waals surface area contributed by atoms with Gasteiger partial charge < -0.3 is 14.8 Å². The van der Waals surface area contributed by atoms with Gasteiger partial charge in [0, 0.05) is 15.8 Å². The van der Waals surface area contributed by atoms with Crippen molar-refractivity contribution in [2.45, 2.75) is 25.8 Å². The zero-order chi connectivity index (χ0) is 23.8. The summed E-state index contributed by atoms with van der Waals surface area (Å²) < 4.78 is 11.4. The average Bonchev–Trinajstić information content (AvgIpc) is 3.55. The highest BCUT2D eigenvalue weighted by Gasteiger charge is 2.28. The number of nitrogens with zero attached hydrogens (tertiary/aromatic N) is 2. The fourth-order valence-electron chi connectivity index (χ4n) is 4.19. The van der Waals surface area contributed by atoms with Crippen molar-refractivity contribution in [2.75, 3.05) is 19.5 Å². The standard InChI is InChI=1S/C24H21N3O5S2/c1-31-14-8-6-13(7-9-14)16-11-33-21-19(16)23(29)27(12-25-21)10-18(28)26-22-20(24(30)32-2)15-4-3-5-17(15)34-22/h6-9,11-12H,3-5,10H2,1-2H3,(H,26,28). The Balaban J connectivity index is 1.44. The van der Waals surface area contributed by atoms with Crippen molar-refractivity contribution in [3.8, 4) is 16.9 Å². The molecule has 5 rings (SSSR count). The maximum atomic E-state index is 13.3. The van der Waals surface area contributed by atoms with Gasteiger partial charge in [-0.05, 0) is 42.5 Å². The lowest BCUT2D eigenvalue weighted by molar-refractivity contribution is -0.116. The Morgan fingerprint density at radius 3 is 2.71 bits per heavy atom. The number of ether oxygens (including phenoxy) is 2. The van der Waals surface area contributed by atoms with Crippen LogP contribution in [0, 0.1) is 0 Å². The SMILES string of the molecule is COC(=O)c1c(NC(=O)Cn2cnc3scc(-c4ccc(OC)cc4)c3c2=O)sc2c1CCC2. The van der Waals surface area contributed by atoms with Gasteiger partial charge in [0.25, 0.3) is 5.56 Å². The number of carbonyl (C=O) groups is 2. The minimum absolute atomic E-state index is 0.219. The monoisotopic (exact) mass is 495 g/mol. The van der Waals surface area contributed by atoms with E-state index in [0.29, 0.717) is 20.8 Å². The van der Waals surface area contributed by atoms with Crippen molar-refractivity contribution in [1.29, 1.82) is 0 Å². The second-order valence-electron chi connectivity index (χ2n) is 7.84. The fourth-order valence-corrected chi connectivity index (χ4v) is 6.39. The van der Waals surface area contributed by atoms with Gasteiger partial charge in [0.05, 0.1) is 31.5 Å². The molecule has 0 spiro atoms. The number of hydrogen-bond donors (Lipinski definition) is 1. The van der Waals surface area contributed by atoms with Gasteiger partial charge in [-0.1, -0.05) is 12.1 Å². The van der Waals surface area contributed by atoms with E-state index in [2.05, 4.69) is 10.3 Å². The van der Waals surface area contributed by atoms with Crippen molar-refractivity contribution in [3.05, 3.63) is 62.3 Å². The molecule has 1 aliphatic carbocycles. The summed E-state index contributed by atoms with van der Waals surface area (Å²) in [6.45, 7) is -0.219. The van der Waals surface area contributed by atoms with E-state index in [0.717, 1.165) is 46.6 Å². The minimum atomic E-state index is -0.461. The van der Waals surface area contributed by atoms with Gasteiger partial charge >= 0.3 is 5.97 Å². The molecule has 0 unspecified atom stereocenters. The Bertz CT molecular complexity index is 1470. The summed E-state index contributed by atoms with van der Waals surface area (Å²) >= 11 is 2.78. The van der Waals surface area contributed by atoms with Gasteiger partial charge in [0.15, 0.2) is 0 Å². The van der Waals surface area contributed by atoms with E-state index in [1.807, 2.05) is 29.6 Å². The molecule has 1 N–H and O–H groups in total. The van der Waals surface area contributed by atoms with Crippen LogP contribution >= 0.6 is 22.7 Å². The van der Waals surface area contributed by atoms with Crippen LogP contribution in [0.4, 0.5) is 5.00 Å². The number of amides is 1. The summed E-state index contributed by atoms with van der Waals surface area (Å²) in [5.74, 6) is -0.145. The molecule has 10 heteroatoms. The minimum Gasteiger partial charge on any atom is -0.497 e. The number of thiophene rings is 2. The number of aromatic nitrogens is 2. The largest absolute Gasteiger partial charge is 0.497 e. The van der Waals surface area contributed by atoms with Crippen molar-refractivity contribution in [1.82, 2.24) is 9.55 Å². The Morgan fingerprint density at radius 2 is 1.97 bits per heavy atom. The first-order chi connectivity index (χ1) is 16.5. The van der Waals surface area contributed by atoms with Crippen LogP contribution in [0.15, 0.2) is 40.8 Å². The summed E-state index contributed by atoms with van der Waals surface area (Å²) in [6, 6.07) is 7.43. The molecule has 1 aromatic carbocycles.